The summed E-state index contributed by atoms with van der Waals surface area (Å²) in [6, 6.07) is 4.63. The number of piperazine rings is 1. The molecule has 2 rings (SSSR count). The van der Waals surface area contributed by atoms with Crippen LogP contribution in [0.1, 0.15) is 12.5 Å². The molecule has 1 aliphatic heterocycles. The van der Waals surface area contributed by atoms with E-state index in [1.54, 1.807) is 11.0 Å². The average molecular weight is 382 g/mol. The van der Waals surface area contributed by atoms with E-state index in [9.17, 15) is 18.0 Å². The molecule has 0 spiro atoms. The smallest absolute Gasteiger partial charge is 0.330 e. The van der Waals surface area contributed by atoms with E-state index in [0.29, 0.717) is 18.7 Å². The summed E-state index contributed by atoms with van der Waals surface area (Å²) >= 11 is 0. The lowest BCUT2D eigenvalue weighted by Crippen LogP contribution is -2.49. The second-order valence-electron chi connectivity index (χ2n) is 5.68. The minimum atomic E-state index is -3.80. The first kappa shape index (κ1) is 19.9. The normalized spacial score (nSPS) is 15.9. The molecule has 1 aliphatic rings. The number of nitrogens with zero attached hydrogens (tertiary/aromatic N) is 2. The molecule has 0 N–H and O–H groups in total. The van der Waals surface area contributed by atoms with Crippen molar-refractivity contribution in [2.24, 2.45) is 0 Å². The van der Waals surface area contributed by atoms with Crippen LogP contribution in [0, 0.1) is 0 Å². The second kappa shape index (κ2) is 8.33. The van der Waals surface area contributed by atoms with Crippen LogP contribution >= 0.6 is 0 Å². The first-order chi connectivity index (χ1) is 12.3. The van der Waals surface area contributed by atoms with Crippen LogP contribution < -0.4 is 4.74 Å². The number of benzene rings is 1. The van der Waals surface area contributed by atoms with Gasteiger partial charge in [0.05, 0.1) is 14.2 Å². The zero-order valence-corrected chi connectivity index (χ0v) is 15.8. The molecule has 8 nitrogen and oxygen atoms in total. The largest absolute Gasteiger partial charge is 0.495 e. The van der Waals surface area contributed by atoms with Crippen molar-refractivity contribution in [2.75, 3.05) is 40.4 Å². The molecule has 1 saturated heterocycles. The molecule has 0 unspecified atom stereocenters. The summed E-state index contributed by atoms with van der Waals surface area (Å²) in [6.07, 6.45) is 2.68. The maximum atomic E-state index is 13.0. The number of esters is 1. The van der Waals surface area contributed by atoms with E-state index in [2.05, 4.69) is 4.74 Å². The van der Waals surface area contributed by atoms with Crippen molar-refractivity contribution in [3.05, 3.63) is 29.8 Å². The fraction of sp³-hybridized carbons (Fsp3) is 0.412. The van der Waals surface area contributed by atoms with Crippen molar-refractivity contribution in [3.63, 3.8) is 0 Å². The van der Waals surface area contributed by atoms with Gasteiger partial charge in [0.2, 0.25) is 15.9 Å². The highest BCUT2D eigenvalue weighted by atomic mass is 32.2. The van der Waals surface area contributed by atoms with Gasteiger partial charge in [-0.1, -0.05) is 6.07 Å². The van der Waals surface area contributed by atoms with Gasteiger partial charge in [-0.3, -0.25) is 4.79 Å². The fourth-order valence-electron chi connectivity index (χ4n) is 2.61. The Morgan fingerprint density at radius 1 is 1.12 bits per heavy atom. The average Bonchev–Trinajstić information content (AvgIpc) is 2.65. The third-order valence-electron chi connectivity index (χ3n) is 4.10. The lowest BCUT2D eigenvalue weighted by molar-refractivity contribution is -0.134. The fourth-order valence-corrected chi connectivity index (χ4v) is 4.23. The quantitative estimate of drug-likeness (QED) is 0.551. The summed E-state index contributed by atoms with van der Waals surface area (Å²) in [5.41, 5.74) is 0.525. The standard InChI is InChI=1S/C17H22N2O6S/c1-13(20)18-8-10-19(11-9-18)26(22,23)16-12-14(4-6-15(16)24-2)5-7-17(21)25-3/h4-7,12H,8-11H2,1-3H3/b7-5+. The number of methoxy groups -OCH3 is 2. The van der Waals surface area contributed by atoms with Crippen molar-refractivity contribution in [1.29, 1.82) is 0 Å². The lowest BCUT2D eigenvalue weighted by atomic mass is 10.2. The van der Waals surface area contributed by atoms with Gasteiger partial charge in [-0.2, -0.15) is 4.31 Å². The number of hydrogen-bond acceptors (Lipinski definition) is 6. The minimum absolute atomic E-state index is 0.0169. The molecular weight excluding hydrogens is 360 g/mol. The van der Waals surface area contributed by atoms with Crippen molar-refractivity contribution >= 4 is 28.0 Å². The Morgan fingerprint density at radius 2 is 1.77 bits per heavy atom. The van der Waals surface area contributed by atoms with Crippen LogP contribution in [0.4, 0.5) is 0 Å². The van der Waals surface area contributed by atoms with Gasteiger partial charge in [0.15, 0.2) is 0 Å². The van der Waals surface area contributed by atoms with Crippen LogP contribution in [-0.4, -0.2) is 69.9 Å². The van der Waals surface area contributed by atoms with Gasteiger partial charge in [-0.25, -0.2) is 13.2 Å². The molecule has 1 fully saturated rings. The maximum Gasteiger partial charge on any atom is 0.330 e. The molecule has 1 aromatic rings. The number of rotatable bonds is 5. The highest BCUT2D eigenvalue weighted by Gasteiger charge is 2.31. The molecular formula is C17H22N2O6S. The molecule has 0 aliphatic carbocycles. The van der Waals surface area contributed by atoms with Crippen LogP contribution in [0.25, 0.3) is 6.08 Å². The SMILES string of the molecule is COC(=O)/C=C/c1ccc(OC)c(S(=O)(=O)N2CCN(C(C)=O)CC2)c1. The summed E-state index contributed by atoms with van der Waals surface area (Å²) in [7, 11) is -1.14. The van der Waals surface area contributed by atoms with Crippen LogP contribution in [-0.2, 0) is 24.3 Å². The Labute approximate surface area is 153 Å². The summed E-state index contributed by atoms with van der Waals surface area (Å²) in [6.45, 7) is 2.59. The van der Waals surface area contributed by atoms with Crippen molar-refractivity contribution in [1.82, 2.24) is 9.21 Å². The molecule has 9 heteroatoms. The zero-order valence-electron chi connectivity index (χ0n) is 15.0. The van der Waals surface area contributed by atoms with Gasteiger partial charge < -0.3 is 14.4 Å². The zero-order chi connectivity index (χ0) is 19.3. The van der Waals surface area contributed by atoms with Gasteiger partial charge in [0, 0.05) is 39.2 Å². The van der Waals surface area contributed by atoms with E-state index in [1.807, 2.05) is 0 Å². The summed E-state index contributed by atoms with van der Waals surface area (Å²) in [5, 5.41) is 0. The molecule has 0 atom stereocenters. The number of ether oxygens (including phenoxy) is 2. The van der Waals surface area contributed by atoms with Gasteiger partial charge in [0.25, 0.3) is 0 Å². The Balaban J connectivity index is 2.31. The topological polar surface area (TPSA) is 93.2 Å². The monoisotopic (exact) mass is 382 g/mol. The Bertz CT molecular complexity index is 811. The summed E-state index contributed by atoms with van der Waals surface area (Å²) in [5.74, 6) is -0.394. The highest BCUT2D eigenvalue weighted by molar-refractivity contribution is 7.89. The van der Waals surface area contributed by atoms with Gasteiger partial charge in [0.1, 0.15) is 10.6 Å². The second-order valence-corrected chi connectivity index (χ2v) is 7.58. The summed E-state index contributed by atoms with van der Waals surface area (Å²) < 4.78 is 37.1. The first-order valence-corrected chi connectivity index (χ1v) is 9.43. The highest BCUT2D eigenvalue weighted by Crippen LogP contribution is 2.29. The maximum absolute atomic E-state index is 13.0. The van der Waals surface area contributed by atoms with E-state index in [-0.39, 0.29) is 29.6 Å². The molecule has 142 valence electrons. The third-order valence-corrected chi connectivity index (χ3v) is 6.02. The van der Waals surface area contributed by atoms with E-state index >= 15 is 0 Å². The van der Waals surface area contributed by atoms with Crippen LogP contribution in [0.15, 0.2) is 29.2 Å². The van der Waals surface area contributed by atoms with E-state index in [4.69, 9.17) is 4.74 Å². The molecule has 0 radical (unpaired) electrons. The van der Waals surface area contributed by atoms with E-state index < -0.39 is 16.0 Å². The molecule has 0 aromatic heterocycles. The Hall–Kier alpha value is -2.39. The van der Waals surface area contributed by atoms with Crippen LogP contribution in [0.3, 0.4) is 0 Å². The Morgan fingerprint density at radius 3 is 2.31 bits per heavy atom. The molecule has 1 aromatic carbocycles. The Kier molecular flexibility index (Phi) is 6.38. The molecule has 1 heterocycles. The van der Waals surface area contributed by atoms with Crippen LogP contribution in [0.2, 0.25) is 0 Å². The van der Waals surface area contributed by atoms with Crippen molar-refractivity contribution in [2.45, 2.75) is 11.8 Å². The third kappa shape index (κ3) is 4.41. The van der Waals surface area contributed by atoms with Gasteiger partial charge >= 0.3 is 5.97 Å². The van der Waals surface area contributed by atoms with Crippen molar-refractivity contribution in [3.8, 4) is 5.75 Å². The van der Waals surface area contributed by atoms with E-state index in [1.165, 1.54) is 49.7 Å². The van der Waals surface area contributed by atoms with E-state index in [0.717, 1.165) is 0 Å². The predicted octanol–water partition coefficient (Wildman–Crippen LogP) is 0.734. The number of carbonyl (C=O) groups is 2. The first-order valence-electron chi connectivity index (χ1n) is 7.99. The number of carbonyl (C=O) groups excluding carboxylic acids is 2. The minimum Gasteiger partial charge on any atom is -0.495 e. The molecule has 1 amide bonds. The predicted molar refractivity (Wildman–Crippen MR) is 95.1 cm³/mol. The van der Waals surface area contributed by atoms with Crippen molar-refractivity contribution < 1.29 is 27.5 Å². The lowest BCUT2D eigenvalue weighted by Gasteiger charge is -2.33. The molecule has 26 heavy (non-hydrogen) atoms. The molecule has 0 saturated carbocycles. The summed E-state index contributed by atoms with van der Waals surface area (Å²) in [4.78, 5) is 24.3. The van der Waals surface area contributed by atoms with Gasteiger partial charge in [-0.05, 0) is 23.8 Å². The number of hydrogen-bond donors (Lipinski definition) is 0. The number of sulfonamides is 1. The van der Waals surface area contributed by atoms with Gasteiger partial charge in [-0.15, -0.1) is 0 Å². The molecule has 0 bridgehead atoms. The van der Waals surface area contributed by atoms with Crippen LogP contribution in [0.5, 0.6) is 5.75 Å². The number of amides is 1.